The molecule has 0 saturated carbocycles. The standard InChI is InChI=1S/C17H18FN3O/c1-20(12-13-5-4-9-19-11-13)16-8-10-21(17(16)22)15-7-3-2-6-14(15)18/h2-7,9,11,16H,8,10,12H2,1H3. The number of rotatable bonds is 4. The predicted molar refractivity (Wildman–Crippen MR) is 82.9 cm³/mol. The Morgan fingerprint density at radius 1 is 1.32 bits per heavy atom. The van der Waals surface area contributed by atoms with Gasteiger partial charge in [0.05, 0.1) is 11.7 Å². The van der Waals surface area contributed by atoms with E-state index in [9.17, 15) is 9.18 Å². The fourth-order valence-corrected chi connectivity index (χ4v) is 2.87. The Morgan fingerprint density at radius 3 is 2.86 bits per heavy atom. The predicted octanol–water partition coefficient (Wildman–Crippen LogP) is 2.46. The van der Waals surface area contributed by atoms with Gasteiger partial charge in [0.1, 0.15) is 5.82 Å². The second-order valence-corrected chi connectivity index (χ2v) is 5.52. The van der Waals surface area contributed by atoms with Gasteiger partial charge in [-0.2, -0.15) is 0 Å². The summed E-state index contributed by atoms with van der Waals surface area (Å²) in [7, 11) is 1.92. The third-order valence-electron chi connectivity index (χ3n) is 4.01. The molecule has 1 saturated heterocycles. The average Bonchev–Trinajstić information content (AvgIpc) is 2.90. The summed E-state index contributed by atoms with van der Waals surface area (Å²) < 4.78 is 13.9. The quantitative estimate of drug-likeness (QED) is 0.870. The number of nitrogens with zero attached hydrogens (tertiary/aromatic N) is 3. The first-order valence-corrected chi connectivity index (χ1v) is 7.32. The van der Waals surface area contributed by atoms with Gasteiger partial charge in [0, 0.05) is 25.5 Å². The van der Waals surface area contributed by atoms with Crippen LogP contribution < -0.4 is 4.90 Å². The molecule has 0 spiro atoms. The fourth-order valence-electron chi connectivity index (χ4n) is 2.87. The van der Waals surface area contributed by atoms with Crippen LogP contribution in [0.25, 0.3) is 0 Å². The minimum Gasteiger partial charge on any atom is -0.308 e. The maximum atomic E-state index is 13.9. The normalized spacial score (nSPS) is 18.2. The van der Waals surface area contributed by atoms with Crippen molar-refractivity contribution in [3.63, 3.8) is 0 Å². The van der Waals surface area contributed by atoms with Crippen LogP contribution in [0.3, 0.4) is 0 Å². The highest BCUT2D eigenvalue weighted by Gasteiger charge is 2.36. The molecule has 1 aromatic carbocycles. The smallest absolute Gasteiger partial charge is 0.244 e. The summed E-state index contributed by atoms with van der Waals surface area (Å²) in [6.07, 6.45) is 4.22. The minimum absolute atomic E-state index is 0.0449. The Balaban J connectivity index is 1.72. The molecule has 1 atom stereocenters. The van der Waals surface area contributed by atoms with Crippen molar-refractivity contribution in [3.05, 3.63) is 60.2 Å². The van der Waals surface area contributed by atoms with E-state index in [-0.39, 0.29) is 17.8 Å². The van der Waals surface area contributed by atoms with E-state index < -0.39 is 0 Å². The Kier molecular flexibility index (Phi) is 4.15. The first-order valence-electron chi connectivity index (χ1n) is 7.32. The molecule has 1 amide bonds. The number of benzene rings is 1. The van der Waals surface area contributed by atoms with Crippen LogP contribution in [0.2, 0.25) is 0 Å². The molecular weight excluding hydrogens is 281 g/mol. The van der Waals surface area contributed by atoms with Crippen molar-refractivity contribution in [2.75, 3.05) is 18.5 Å². The number of carbonyl (C=O) groups is 1. The minimum atomic E-state index is -0.355. The van der Waals surface area contributed by atoms with Gasteiger partial charge in [-0.15, -0.1) is 0 Å². The van der Waals surface area contributed by atoms with Crippen LogP contribution in [-0.4, -0.2) is 35.4 Å². The average molecular weight is 299 g/mol. The molecule has 0 radical (unpaired) electrons. The van der Waals surface area contributed by atoms with Crippen molar-refractivity contribution in [2.24, 2.45) is 0 Å². The van der Waals surface area contributed by atoms with Crippen LogP contribution >= 0.6 is 0 Å². The summed E-state index contributed by atoms with van der Waals surface area (Å²) in [6, 6.07) is 10.1. The van der Waals surface area contributed by atoms with Crippen molar-refractivity contribution in [2.45, 2.75) is 19.0 Å². The lowest BCUT2D eigenvalue weighted by molar-refractivity contribution is -0.121. The first-order chi connectivity index (χ1) is 10.7. The molecule has 2 heterocycles. The molecule has 1 unspecified atom stereocenters. The van der Waals surface area contributed by atoms with E-state index >= 15 is 0 Å². The highest BCUT2D eigenvalue weighted by atomic mass is 19.1. The van der Waals surface area contributed by atoms with E-state index in [2.05, 4.69) is 4.98 Å². The zero-order chi connectivity index (χ0) is 15.5. The summed E-state index contributed by atoms with van der Waals surface area (Å²) in [5, 5.41) is 0. The largest absolute Gasteiger partial charge is 0.308 e. The van der Waals surface area contributed by atoms with Gasteiger partial charge in [-0.05, 0) is 37.2 Å². The maximum Gasteiger partial charge on any atom is 0.244 e. The van der Waals surface area contributed by atoms with Crippen LogP contribution in [-0.2, 0) is 11.3 Å². The number of carbonyl (C=O) groups excluding carboxylic acids is 1. The number of amides is 1. The summed E-state index contributed by atoms with van der Waals surface area (Å²) in [6.45, 7) is 1.19. The summed E-state index contributed by atoms with van der Waals surface area (Å²) in [4.78, 5) is 20.2. The molecular formula is C17H18FN3O. The van der Waals surface area contributed by atoms with Crippen LogP contribution in [0.15, 0.2) is 48.8 Å². The highest BCUT2D eigenvalue weighted by Crippen LogP contribution is 2.26. The lowest BCUT2D eigenvalue weighted by atomic mass is 10.2. The van der Waals surface area contributed by atoms with Gasteiger partial charge in [0.15, 0.2) is 0 Å². The topological polar surface area (TPSA) is 36.4 Å². The highest BCUT2D eigenvalue weighted by molar-refractivity contribution is 5.99. The van der Waals surface area contributed by atoms with E-state index in [0.717, 1.165) is 5.56 Å². The van der Waals surface area contributed by atoms with Crippen LogP contribution in [0, 0.1) is 5.82 Å². The second-order valence-electron chi connectivity index (χ2n) is 5.52. The zero-order valence-corrected chi connectivity index (χ0v) is 12.4. The molecule has 114 valence electrons. The van der Waals surface area contributed by atoms with E-state index in [0.29, 0.717) is 25.2 Å². The molecule has 0 aliphatic carbocycles. The first kappa shape index (κ1) is 14.7. The lowest BCUT2D eigenvalue weighted by Crippen LogP contribution is -2.39. The molecule has 1 fully saturated rings. The number of hydrogen-bond acceptors (Lipinski definition) is 3. The van der Waals surface area contributed by atoms with Crippen molar-refractivity contribution in [1.29, 1.82) is 0 Å². The SMILES string of the molecule is CN(Cc1cccnc1)C1CCN(c2ccccc2F)C1=O. The third-order valence-corrected chi connectivity index (χ3v) is 4.01. The molecule has 5 heteroatoms. The molecule has 1 aromatic heterocycles. The molecule has 4 nitrogen and oxygen atoms in total. The number of halogens is 1. The van der Waals surface area contributed by atoms with Gasteiger partial charge >= 0.3 is 0 Å². The molecule has 1 aliphatic rings. The lowest BCUT2D eigenvalue weighted by Gasteiger charge is -2.23. The number of likely N-dealkylation sites (N-methyl/N-ethyl adjacent to an activating group) is 1. The number of para-hydroxylation sites is 1. The molecule has 1 aliphatic heterocycles. The molecule has 0 bridgehead atoms. The van der Waals surface area contributed by atoms with Gasteiger partial charge < -0.3 is 4.90 Å². The van der Waals surface area contributed by atoms with E-state index in [1.807, 2.05) is 24.1 Å². The Morgan fingerprint density at radius 2 is 2.14 bits per heavy atom. The van der Waals surface area contributed by atoms with Crippen molar-refractivity contribution in [3.8, 4) is 0 Å². The summed E-state index contributed by atoms with van der Waals surface area (Å²) in [5.74, 6) is -0.400. The van der Waals surface area contributed by atoms with E-state index in [4.69, 9.17) is 0 Å². The van der Waals surface area contributed by atoms with Crippen LogP contribution in [0.4, 0.5) is 10.1 Å². The van der Waals surface area contributed by atoms with Crippen LogP contribution in [0.5, 0.6) is 0 Å². The number of anilines is 1. The van der Waals surface area contributed by atoms with Crippen molar-refractivity contribution in [1.82, 2.24) is 9.88 Å². The molecule has 3 rings (SSSR count). The van der Waals surface area contributed by atoms with Gasteiger partial charge in [0.2, 0.25) is 5.91 Å². The molecule has 22 heavy (non-hydrogen) atoms. The van der Waals surface area contributed by atoms with E-state index in [1.54, 1.807) is 35.5 Å². The fraction of sp³-hybridized carbons (Fsp3) is 0.294. The van der Waals surface area contributed by atoms with Gasteiger partial charge in [-0.25, -0.2) is 4.39 Å². The third kappa shape index (κ3) is 2.85. The molecule has 2 aromatic rings. The van der Waals surface area contributed by atoms with Gasteiger partial charge in [0.25, 0.3) is 0 Å². The number of aromatic nitrogens is 1. The number of pyridine rings is 1. The summed E-state index contributed by atoms with van der Waals surface area (Å²) >= 11 is 0. The Labute approximate surface area is 129 Å². The van der Waals surface area contributed by atoms with Crippen molar-refractivity contribution >= 4 is 11.6 Å². The monoisotopic (exact) mass is 299 g/mol. The Bertz CT molecular complexity index is 662. The number of hydrogen-bond donors (Lipinski definition) is 0. The van der Waals surface area contributed by atoms with Crippen LogP contribution in [0.1, 0.15) is 12.0 Å². The van der Waals surface area contributed by atoms with Gasteiger partial charge in [-0.1, -0.05) is 18.2 Å². The van der Waals surface area contributed by atoms with Crippen molar-refractivity contribution < 1.29 is 9.18 Å². The molecule has 0 N–H and O–H groups in total. The second kappa shape index (κ2) is 6.23. The Hall–Kier alpha value is -2.27. The van der Waals surface area contributed by atoms with Gasteiger partial charge in [-0.3, -0.25) is 14.7 Å². The van der Waals surface area contributed by atoms with E-state index in [1.165, 1.54) is 6.07 Å². The maximum absolute atomic E-state index is 13.9. The zero-order valence-electron chi connectivity index (χ0n) is 12.4. The summed E-state index contributed by atoms with van der Waals surface area (Å²) in [5.41, 5.74) is 1.42.